The monoisotopic (exact) mass is 686 g/mol. The fourth-order valence-corrected chi connectivity index (χ4v) is 6.67. The fourth-order valence-electron chi connectivity index (χ4n) is 5.24. The van der Waals surface area contributed by atoms with Crippen LogP contribution in [0.1, 0.15) is 12.5 Å². The highest BCUT2D eigenvalue weighted by molar-refractivity contribution is 7.92. The van der Waals surface area contributed by atoms with E-state index in [2.05, 4.69) is 5.16 Å². The molecule has 0 saturated carbocycles. The van der Waals surface area contributed by atoms with Crippen LogP contribution in [-0.2, 0) is 16.6 Å². The number of methoxy groups -OCH3 is 1. The largest absolute Gasteiger partial charge is 0.497 e. The number of aromatic nitrogens is 2. The molecule has 14 heteroatoms. The van der Waals surface area contributed by atoms with Gasteiger partial charge in [0.15, 0.2) is 11.9 Å². The van der Waals surface area contributed by atoms with E-state index < -0.39 is 39.1 Å². The molecule has 6 aromatic rings. The Hall–Kier alpha value is -6.07. The zero-order valence-electron chi connectivity index (χ0n) is 25.8. The van der Waals surface area contributed by atoms with Gasteiger partial charge in [-0.25, -0.2) is 25.9 Å². The van der Waals surface area contributed by atoms with E-state index in [0.717, 1.165) is 39.2 Å². The maximum absolute atomic E-state index is 15.7. The number of benzene rings is 4. The third kappa shape index (κ3) is 6.56. The molecule has 2 aromatic heterocycles. The lowest BCUT2D eigenvalue weighted by atomic mass is 10.0. The molecule has 0 radical (unpaired) electrons. The molecule has 6 rings (SSSR count). The van der Waals surface area contributed by atoms with E-state index in [4.69, 9.17) is 14.0 Å². The average molecular weight is 687 g/mol. The fraction of sp³-hybridized carbons (Fsp3) is 0.114. The van der Waals surface area contributed by atoms with Crippen molar-refractivity contribution in [3.8, 4) is 34.4 Å². The van der Waals surface area contributed by atoms with Gasteiger partial charge in [0.1, 0.15) is 41.3 Å². The molecular formula is C35H25F3N4O6S. The molecule has 4 aromatic carbocycles. The van der Waals surface area contributed by atoms with Crippen molar-refractivity contribution in [3.05, 3.63) is 131 Å². The van der Waals surface area contributed by atoms with Crippen molar-refractivity contribution in [2.45, 2.75) is 24.5 Å². The van der Waals surface area contributed by atoms with Crippen LogP contribution in [0.2, 0.25) is 0 Å². The minimum absolute atomic E-state index is 0.0306. The minimum Gasteiger partial charge on any atom is -0.497 e. The molecule has 0 spiro atoms. The molecule has 0 saturated heterocycles. The maximum atomic E-state index is 15.7. The van der Waals surface area contributed by atoms with Gasteiger partial charge in [0.05, 0.1) is 29.8 Å². The summed E-state index contributed by atoms with van der Waals surface area (Å²) in [4.78, 5) is 13.2. The Balaban J connectivity index is 1.47. The summed E-state index contributed by atoms with van der Waals surface area (Å²) >= 11 is 0. The number of hydrogen-bond acceptors (Lipinski definition) is 8. The lowest BCUT2D eigenvalue weighted by Gasteiger charge is -2.22. The van der Waals surface area contributed by atoms with E-state index in [1.165, 1.54) is 50.6 Å². The van der Waals surface area contributed by atoms with Gasteiger partial charge in [-0.15, -0.1) is 0 Å². The molecule has 0 amide bonds. The highest BCUT2D eigenvalue weighted by Crippen LogP contribution is 2.35. The molecule has 10 nitrogen and oxygen atoms in total. The van der Waals surface area contributed by atoms with Gasteiger partial charge in [-0.3, -0.25) is 9.36 Å². The summed E-state index contributed by atoms with van der Waals surface area (Å²) in [5, 5.41) is 13.6. The quantitative estimate of drug-likeness (QED) is 0.155. The van der Waals surface area contributed by atoms with Crippen molar-refractivity contribution in [2.75, 3.05) is 11.4 Å². The number of hydrogen-bond donors (Lipinski definition) is 0. The van der Waals surface area contributed by atoms with Crippen molar-refractivity contribution in [3.63, 3.8) is 0 Å². The highest BCUT2D eigenvalue weighted by atomic mass is 32.2. The van der Waals surface area contributed by atoms with Crippen molar-refractivity contribution >= 4 is 26.7 Å². The molecule has 0 aliphatic rings. The van der Waals surface area contributed by atoms with Gasteiger partial charge in [-0.05, 0) is 72.6 Å². The summed E-state index contributed by atoms with van der Waals surface area (Å²) in [7, 11) is -2.77. The average Bonchev–Trinajstić information content (AvgIpc) is 3.62. The molecular weight excluding hydrogens is 661 g/mol. The van der Waals surface area contributed by atoms with Crippen LogP contribution in [-0.4, -0.2) is 31.4 Å². The zero-order valence-corrected chi connectivity index (χ0v) is 26.6. The second-order valence-electron chi connectivity index (χ2n) is 10.8. The predicted molar refractivity (Wildman–Crippen MR) is 173 cm³/mol. The van der Waals surface area contributed by atoms with E-state index in [1.807, 2.05) is 6.07 Å². The zero-order chi connectivity index (χ0) is 34.9. The molecule has 0 aliphatic heterocycles. The number of nitriles is 1. The van der Waals surface area contributed by atoms with Gasteiger partial charge in [0.25, 0.3) is 15.6 Å². The first-order chi connectivity index (χ1) is 23.5. The summed E-state index contributed by atoms with van der Waals surface area (Å²) < 4.78 is 90.0. The summed E-state index contributed by atoms with van der Waals surface area (Å²) in [6.07, 6.45) is 0.171. The molecule has 49 heavy (non-hydrogen) atoms. The topological polar surface area (TPSA) is 128 Å². The molecule has 0 N–H and O–H groups in total. The van der Waals surface area contributed by atoms with E-state index in [9.17, 15) is 27.3 Å². The van der Waals surface area contributed by atoms with Crippen molar-refractivity contribution in [1.82, 2.24) is 9.72 Å². The molecule has 0 bridgehead atoms. The lowest BCUT2D eigenvalue weighted by Crippen LogP contribution is -2.31. The van der Waals surface area contributed by atoms with Crippen molar-refractivity contribution in [2.24, 2.45) is 0 Å². The Bertz CT molecular complexity index is 2370. The number of pyridine rings is 1. The second kappa shape index (κ2) is 13.2. The highest BCUT2D eigenvalue weighted by Gasteiger charge is 2.28. The standard InChI is InChI=1S/C35H25F3N4O6S/c1-21(19-39)48-33-17-29(24-13-25(36)16-26(37)14-24)30(38)18-32(33)42-31-9-8-28(15-23(31)5-10-35(42)43)49(44,45)41(34-11-12-47-40-34)20-22-3-6-27(46-2)7-4-22/h3-18,21H,20H2,1-2H3. The van der Waals surface area contributed by atoms with Gasteiger partial charge < -0.3 is 14.0 Å². The van der Waals surface area contributed by atoms with Crippen LogP contribution < -0.4 is 19.3 Å². The third-order valence-corrected chi connectivity index (χ3v) is 9.31. The van der Waals surface area contributed by atoms with Gasteiger partial charge in [-0.1, -0.05) is 17.3 Å². The number of rotatable bonds is 10. The van der Waals surface area contributed by atoms with Crippen molar-refractivity contribution in [1.29, 1.82) is 5.26 Å². The maximum Gasteiger partial charge on any atom is 0.265 e. The van der Waals surface area contributed by atoms with Gasteiger partial charge >= 0.3 is 0 Å². The Morgan fingerprint density at radius 2 is 1.69 bits per heavy atom. The first-order valence-electron chi connectivity index (χ1n) is 14.6. The van der Waals surface area contributed by atoms with Crippen LogP contribution in [0.25, 0.3) is 27.7 Å². The molecule has 2 heterocycles. The SMILES string of the molecule is COc1ccc(CN(c2ccon2)S(=O)(=O)c2ccc3c(ccc(=O)n3-c3cc(F)c(-c4cc(F)cc(F)c4)cc3OC(C)C#N)c2)cc1. The molecule has 1 unspecified atom stereocenters. The summed E-state index contributed by atoms with van der Waals surface area (Å²) in [6, 6.07) is 21.3. The Morgan fingerprint density at radius 1 is 0.959 bits per heavy atom. The molecule has 1 atom stereocenters. The second-order valence-corrected chi connectivity index (χ2v) is 12.7. The van der Waals surface area contributed by atoms with E-state index >= 15 is 4.39 Å². The van der Waals surface area contributed by atoms with Crippen molar-refractivity contribution < 1.29 is 35.6 Å². The van der Waals surface area contributed by atoms with Gasteiger partial charge in [0, 0.05) is 35.2 Å². The van der Waals surface area contributed by atoms with E-state index in [1.54, 1.807) is 24.3 Å². The normalized spacial score (nSPS) is 12.0. The summed E-state index contributed by atoms with van der Waals surface area (Å²) in [6.45, 7) is 1.32. The van der Waals surface area contributed by atoms with Crippen LogP contribution >= 0.6 is 0 Å². The van der Waals surface area contributed by atoms with E-state index in [-0.39, 0.29) is 50.7 Å². The first-order valence-corrected chi connectivity index (χ1v) is 16.0. The number of sulfonamides is 1. The number of halogens is 3. The number of ether oxygens (including phenoxy) is 2. The van der Waals surface area contributed by atoms with Crippen LogP contribution in [0.4, 0.5) is 19.0 Å². The first kappa shape index (κ1) is 32.9. The summed E-state index contributed by atoms with van der Waals surface area (Å²) in [5.74, 6) is -2.34. The summed E-state index contributed by atoms with van der Waals surface area (Å²) in [5.41, 5.74) is -0.336. The molecule has 0 fully saturated rings. The Kier molecular flexibility index (Phi) is 8.86. The smallest absolute Gasteiger partial charge is 0.265 e. The number of nitrogens with zero attached hydrogens (tertiary/aromatic N) is 4. The lowest BCUT2D eigenvalue weighted by molar-refractivity contribution is 0.275. The molecule has 0 aliphatic carbocycles. The van der Waals surface area contributed by atoms with Crippen LogP contribution in [0.3, 0.4) is 0 Å². The Labute approximate surface area is 277 Å². The predicted octanol–water partition coefficient (Wildman–Crippen LogP) is 6.76. The van der Waals surface area contributed by atoms with Gasteiger partial charge in [0.2, 0.25) is 0 Å². The number of anilines is 1. The van der Waals surface area contributed by atoms with Crippen LogP contribution in [0, 0.1) is 28.8 Å². The minimum atomic E-state index is -4.28. The third-order valence-electron chi connectivity index (χ3n) is 7.57. The van der Waals surface area contributed by atoms with Crippen LogP contribution in [0.5, 0.6) is 11.5 Å². The van der Waals surface area contributed by atoms with E-state index in [0.29, 0.717) is 17.4 Å². The van der Waals surface area contributed by atoms with Crippen LogP contribution in [0.15, 0.2) is 111 Å². The Morgan fingerprint density at radius 3 is 2.35 bits per heavy atom. The number of fused-ring (bicyclic) bond motifs is 1. The van der Waals surface area contributed by atoms with Gasteiger partial charge in [-0.2, -0.15) is 5.26 Å². The molecule has 248 valence electrons.